The van der Waals surface area contributed by atoms with E-state index in [0.717, 1.165) is 10.0 Å². The lowest BCUT2D eigenvalue weighted by molar-refractivity contribution is 0.103. The van der Waals surface area contributed by atoms with Crippen molar-refractivity contribution in [3.63, 3.8) is 0 Å². The summed E-state index contributed by atoms with van der Waals surface area (Å²) in [5.74, 6) is -0.229. The van der Waals surface area contributed by atoms with Crippen LogP contribution >= 0.6 is 50.7 Å². The lowest BCUT2D eigenvalue weighted by Crippen LogP contribution is -2.03. The van der Waals surface area contributed by atoms with Crippen LogP contribution in [0.25, 0.3) is 0 Å². The fourth-order valence-electron chi connectivity index (χ4n) is 1.64. The first kappa shape index (κ1) is 14.9. The third-order valence-corrected chi connectivity index (χ3v) is 4.34. The minimum absolute atomic E-state index is 0.229. The fraction of sp³-hybridized carbons (Fsp3) is 0.0714. The van der Waals surface area contributed by atoms with Crippen LogP contribution in [-0.4, -0.2) is 5.78 Å². The van der Waals surface area contributed by atoms with E-state index in [4.69, 9.17) is 34.8 Å². The van der Waals surface area contributed by atoms with Gasteiger partial charge in [-0.25, -0.2) is 0 Å². The number of ketones is 1. The van der Waals surface area contributed by atoms with Gasteiger partial charge in [-0.2, -0.15) is 0 Å². The lowest BCUT2D eigenvalue weighted by Gasteiger charge is -2.08. The maximum atomic E-state index is 12.4. The van der Waals surface area contributed by atoms with E-state index in [1.165, 1.54) is 12.1 Å². The molecule has 98 valence electrons. The van der Waals surface area contributed by atoms with E-state index in [0.29, 0.717) is 10.6 Å². The molecule has 5 heteroatoms. The summed E-state index contributed by atoms with van der Waals surface area (Å²) in [6.45, 7) is 1.95. The number of hydrogen-bond acceptors (Lipinski definition) is 1. The average Bonchev–Trinajstić information content (AvgIpc) is 2.31. The zero-order chi connectivity index (χ0) is 14.2. The number of aryl methyl sites for hydroxylation is 1. The molecule has 2 aromatic carbocycles. The van der Waals surface area contributed by atoms with Gasteiger partial charge in [-0.05, 0) is 30.7 Å². The highest BCUT2D eigenvalue weighted by molar-refractivity contribution is 9.10. The second kappa shape index (κ2) is 5.84. The number of rotatable bonds is 2. The van der Waals surface area contributed by atoms with Crippen molar-refractivity contribution in [1.82, 2.24) is 0 Å². The van der Waals surface area contributed by atoms with Gasteiger partial charge in [0.25, 0.3) is 0 Å². The number of carbonyl (C=O) groups excluding carboxylic acids is 1. The topological polar surface area (TPSA) is 17.1 Å². The zero-order valence-corrected chi connectivity index (χ0v) is 13.7. The van der Waals surface area contributed by atoms with Gasteiger partial charge in [0.2, 0.25) is 0 Å². The van der Waals surface area contributed by atoms with Crippen LogP contribution in [0.4, 0.5) is 0 Å². The summed E-state index contributed by atoms with van der Waals surface area (Å²) in [5.41, 5.74) is 1.83. The summed E-state index contributed by atoms with van der Waals surface area (Å²) in [5, 5.41) is 0.898. The van der Waals surface area contributed by atoms with Gasteiger partial charge < -0.3 is 0 Å². The first-order chi connectivity index (χ1) is 8.90. The van der Waals surface area contributed by atoms with Crippen LogP contribution in [0.5, 0.6) is 0 Å². The highest BCUT2D eigenvalue weighted by atomic mass is 79.9. The largest absolute Gasteiger partial charge is 0.288 e. The Labute approximate surface area is 134 Å². The monoisotopic (exact) mass is 376 g/mol. The van der Waals surface area contributed by atoms with E-state index < -0.39 is 0 Å². The number of benzene rings is 2. The summed E-state index contributed by atoms with van der Waals surface area (Å²) in [4.78, 5) is 12.4. The van der Waals surface area contributed by atoms with Crippen LogP contribution in [0.2, 0.25) is 15.1 Å². The number of carbonyl (C=O) groups is 1. The van der Waals surface area contributed by atoms with Gasteiger partial charge in [0.15, 0.2) is 5.78 Å². The minimum atomic E-state index is -0.229. The van der Waals surface area contributed by atoms with Gasteiger partial charge in [0.1, 0.15) is 0 Å². The van der Waals surface area contributed by atoms with Crippen LogP contribution in [-0.2, 0) is 0 Å². The van der Waals surface area contributed by atoms with Gasteiger partial charge >= 0.3 is 0 Å². The second-order valence-corrected chi connectivity index (χ2v) is 6.14. The van der Waals surface area contributed by atoms with E-state index in [9.17, 15) is 4.79 Å². The van der Waals surface area contributed by atoms with Crippen molar-refractivity contribution < 1.29 is 4.79 Å². The van der Waals surface area contributed by atoms with Crippen LogP contribution in [0.15, 0.2) is 34.8 Å². The van der Waals surface area contributed by atoms with Crippen molar-refractivity contribution in [2.45, 2.75) is 6.92 Å². The molecule has 0 spiro atoms. The van der Waals surface area contributed by atoms with Crippen molar-refractivity contribution in [1.29, 1.82) is 0 Å². The van der Waals surface area contributed by atoms with Gasteiger partial charge in [0.05, 0.1) is 15.6 Å². The molecule has 0 bridgehead atoms. The molecule has 0 amide bonds. The van der Waals surface area contributed by atoms with E-state index in [1.807, 2.05) is 13.0 Å². The van der Waals surface area contributed by atoms with Gasteiger partial charge in [-0.3, -0.25) is 4.79 Å². The van der Waals surface area contributed by atoms with Crippen molar-refractivity contribution in [3.05, 3.63) is 66.6 Å². The summed E-state index contributed by atoms with van der Waals surface area (Å²) in [7, 11) is 0. The molecule has 0 aliphatic rings. The molecule has 2 rings (SSSR count). The highest BCUT2D eigenvalue weighted by Gasteiger charge is 2.18. The number of hydrogen-bond donors (Lipinski definition) is 0. The Bertz CT molecular complexity index is 645. The minimum Gasteiger partial charge on any atom is -0.288 e. The molecule has 0 saturated carbocycles. The zero-order valence-electron chi connectivity index (χ0n) is 9.81. The quantitative estimate of drug-likeness (QED) is 0.590. The van der Waals surface area contributed by atoms with Crippen LogP contribution in [0, 0.1) is 6.92 Å². The number of halogens is 4. The first-order valence-electron chi connectivity index (χ1n) is 5.35. The maximum Gasteiger partial charge on any atom is 0.196 e. The van der Waals surface area contributed by atoms with Gasteiger partial charge in [0, 0.05) is 15.1 Å². The first-order valence-corrected chi connectivity index (χ1v) is 7.28. The van der Waals surface area contributed by atoms with E-state index in [-0.39, 0.29) is 21.4 Å². The van der Waals surface area contributed by atoms with Crippen LogP contribution in [0.1, 0.15) is 21.5 Å². The summed E-state index contributed by atoms with van der Waals surface area (Å²) in [6, 6.07) is 8.36. The SMILES string of the molecule is Cc1ccc(C(=O)c2c(Cl)cc(Cl)cc2Cl)cc1Br. The molecule has 1 nitrogen and oxygen atoms in total. The Kier molecular flexibility index (Phi) is 4.57. The third kappa shape index (κ3) is 3.14. The molecule has 0 unspecified atom stereocenters. The highest BCUT2D eigenvalue weighted by Crippen LogP contribution is 2.31. The van der Waals surface area contributed by atoms with E-state index in [2.05, 4.69) is 15.9 Å². The van der Waals surface area contributed by atoms with Gasteiger partial charge in [-0.15, -0.1) is 0 Å². The molecular weight excluding hydrogens is 370 g/mol. The molecular formula is C14H8BrCl3O. The molecule has 0 radical (unpaired) electrons. The summed E-state index contributed by atoms with van der Waals surface area (Å²) >= 11 is 21.3. The molecule has 19 heavy (non-hydrogen) atoms. The molecule has 2 aromatic rings. The Morgan fingerprint density at radius 2 is 1.63 bits per heavy atom. The van der Waals surface area contributed by atoms with Crippen molar-refractivity contribution >= 4 is 56.5 Å². The van der Waals surface area contributed by atoms with Crippen molar-refractivity contribution in [2.75, 3.05) is 0 Å². The normalized spacial score (nSPS) is 10.6. The predicted octanol–water partition coefficient (Wildman–Crippen LogP) is 5.95. The van der Waals surface area contributed by atoms with E-state index >= 15 is 0 Å². The molecule has 0 saturated heterocycles. The third-order valence-electron chi connectivity index (χ3n) is 2.67. The lowest BCUT2D eigenvalue weighted by atomic mass is 10.0. The standard InChI is InChI=1S/C14H8BrCl3O/c1-7-2-3-8(4-10(7)15)14(19)13-11(17)5-9(16)6-12(13)18/h2-6H,1H3. The van der Waals surface area contributed by atoms with Gasteiger partial charge in [-0.1, -0.05) is 62.9 Å². The second-order valence-electron chi connectivity index (χ2n) is 4.04. The van der Waals surface area contributed by atoms with Crippen LogP contribution < -0.4 is 0 Å². The molecule has 0 atom stereocenters. The Morgan fingerprint density at radius 1 is 1.05 bits per heavy atom. The molecule has 0 fully saturated rings. The Morgan fingerprint density at radius 3 is 2.16 bits per heavy atom. The molecule has 0 aliphatic carbocycles. The van der Waals surface area contributed by atoms with Crippen molar-refractivity contribution in [2.24, 2.45) is 0 Å². The summed E-state index contributed by atoms with van der Waals surface area (Å²) in [6.07, 6.45) is 0. The summed E-state index contributed by atoms with van der Waals surface area (Å²) < 4.78 is 0.861. The van der Waals surface area contributed by atoms with Crippen molar-refractivity contribution in [3.8, 4) is 0 Å². The van der Waals surface area contributed by atoms with Crippen LogP contribution in [0.3, 0.4) is 0 Å². The Hall–Kier alpha value is -0.540. The molecule has 0 aromatic heterocycles. The Balaban J connectivity index is 2.53. The molecule has 0 N–H and O–H groups in total. The average molecular weight is 378 g/mol. The molecule has 0 heterocycles. The fourth-order valence-corrected chi connectivity index (χ4v) is 3.00. The molecule has 0 aliphatic heterocycles. The smallest absolute Gasteiger partial charge is 0.196 e. The van der Waals surface area contributed by atoms with E-state index in [1.54, 1.807) is 12.1 Å². The predicted molar refractivity (Wildman–Crippen MR) is 83.8 cm³/mol. The maximum absolute atomic E-state index is 12.4.